The lowest BCUT2D eigenvalue weighted by Gasteiger charge is -2.32. The minimum atomic E-state index is -0.133. The van der Waals surface area contributed by atoms with Crippen molar-refractivity contribution < 1.29 is 4.74 Å². The molecular formula is C13H24N2O. The predicted octanol–water partition coefficient (Wildman–Crippen LogP) is 2.47. The van der Waals surface area contributed by atoms with E-state index in [9.17, 15) is 0 Å². The summed E-state index contributed by atoms with van der Waals surface area (Å²) in [7, 11) is 0. The van der Waals surface area contributed by atoms with Crippen LogP contribution in [0, 0.1) is 17.2 Å². The minimum Gasteiger partial charge on any atom is -0.375 e. The van der Waals surface area contributed by atoms with E-state index < -0.39 is 0 Å². The SMILES string of the molecule is CCOC(C)(C)CNC1CCCCC1C#N. The smallest absolute Gasteiger partial charge is 0.0750 e. The second-order valence-electron chi connectivity index (χ2n) is 5.20. The van der Waals surface area contributed by atoms with Gasteiger partial charge in [-0.05, 0) is 33.6 Å². The third-order valence-corrected chi connectivity index (χ3v) is 3.26. The second kappa shape index (κ2) is 6.22. The molecule has 1 rings (SSSR count). The molecule has 2 atom stereocenters. The highest BCUT2D eigenvalue weighted by atomic mass is 16.5. The molecule has 0 aromatic carbocycles. The number of nitriles is 1. The van der Waals surface area contributed by atoms with Gasteiger partial charge in [0.25, 0.3) is 0 Å². The third kappa shape index (κ3) is 4.11. The Morgan fingerprint density at radius 1 is 1.38 bits per heavy atom. The van der Waals surface area contributed by atoms with E-state index in [-0.39, 0.29) is 11.5 Å². The highest BCUT2D eigenvalue weighted by molar-refractivity contribution is 4.95. The maximum absolute atomic E-state index is 9.07. The van der Waals surface area contributed by atoms with Crippen LogP contribution >= 0.6 is 0 Å². The summed E-state index contributed by atoms with van der Waals surface area (Å²) in [6.07, 6.45) is 4.61. The van der Waals surface area contributed by atoms with Crippen LogP contribution in [0.15, 0.2) is 0 Å². The zero-order valence-corrected chi connectivity index (χ0v) is 10.8. The van der Waals surface area contributed by atoms with Gasteiger partial charge in [0.2, 0.25) is 0 Å². The second-order valence-corrected chi connectivity index (χ2v) is 5.20. The van der Waals surface area contributed by atoms with Crippen molar-refractivity contribution in [2.45, 2.75) is 58.1 Å². The molecule has 1 N–H and O–H groups in total. The summed E-state index contributed by atoms with van der Waals surface area (Å²) in [5, 5.41) is 12.6. The van der Waals surface area contributed by atoms with Crippen molar-refractivity contribution in [2.24, 2.45) is 5.92 Å². The first-order valence-corrected chi connectivity index (χ1v) is 6.36. The molecule has 1 aliphatic rings. The molecule has 0 aromatic rings. The lowest BCUT2D eigenvalue weighted by atomic mass is 9.85. The van der Waals surface area contributed by atoms with Crippen LogP contribution < -0.4 is 5.32 Å². The van der Waals surface area contributed by atoms with Crippen molar-refractivity contribution in [3.63, 3.8) is 0 Å². The van der Waals surface area contributed by atoms with Gasteiger partial charge in [0.15, 0.2) is 0 Å². The average molecular weight is 224 g/mol. The van der Waals surface area contributed by atoms with Gasteiger partial charge in [0.05, 0.1) is 17.6 Å². The molecule has 0 saturated heterocycles. The Morgan fingerprint density at radius 2 is 2.06 bits per heavy atom. The van der Waals surface area contributed by atoms with Gasteiger partial charge < -0.3 is 10.1 Å². The van der Waals surface area contributed by atoms with Crippen molar-refractivity contribution in [1.29, 1.82) is 5.26 Å². The summed E-state index contributed by atoms with van der Waals surface area (Å²) in [4.78, 5) is 0. The Labute approximate surface area is 99.2 Å². The number of rotatable bonds is 5. The summed E-state index contributed by atoms with van der Waals surface area (Å²) in [5.41, 5.74) is -0.133. The van der Waals surface area contributed by atoms with Crippen molar-refractivity contribution in [3.8, 4) is 6.07 Å². The van der Waals surface area contributed by atoms with Crippen LogP contribution in [0.25, 0.3) is 0 Å². The Balaban J connectivity index is 2.38. The lowest BCUT2D eigenvalue weighted by Crippen LogP contribution is -2.46. The van der Waals surface area contributed by atoms with E-state index in [0.29, 0.717) is 6.04 Å². The average Bonchev–Trinajstić information content (AvgIpc) is 2.27. The van der Waals surface area contributed by atoms with Crippen LogP contribution in [-0.2, 0) is 4.74 Å². The summed E-state index contributed by atoms with van der Waals surface area (Å²) < 4.78 is 5.64. The van der Waals surface area contributed by atoms with Gasteiger partial charge in [-0.2, -0.15) is 5.26 Å². The van der Waals surface area contributed by atoms with Gasteiger partial charge in [0, 0.05) is 19.2 Å². The first-order chi connectivity index (χ1) is 7.59. The topological polar surface area (TPSA) is 45.0 Å². The molecule has 0 bridgehead atoms. The molecule has 92 valence electrons. The summed E-state index contributed by atoms with van der Waals surface area (Å²) in [6.45, 7) is 7.76. The molecular weight excluding hydrogens is 200 g/mol. The molecule has 0 heterocycles. The van der Waals surface area contributed by atoms with Crippen molar-refractivity contribution >= 4 is 0 Å². The molecule has 16 heavy (non-hydrogen) atoms. The van der Waals surface area contributed by atoms with Crippen LogP contribution in [0.4, 0.5) is 0 Å². The summed E-state index contributed by atoms with van der Waals surface area (Å²) in [5.74, 6) is 0.186. The normalized spacial score (nSPS) is 26.4. The summed E-state index contributed by atoms with van der Waals surface area (Å²) in [6, 6.07) is 2.78. The Bertz CT molecular complexity index is 245. The molecule has 1 fully saturated rings. The molecule has 0 aromatic heterocycles. The molecule has 1 saturated carbocycles. The number of hydrogen-bond donors (Lipinski definition) is 1. The maximum atomic E-state index is 9.07. The fourth-order valence-corrected chi connectivity index (χ4v) is 2.35. The van der Waals surface area contributed by atoms with Gasteiger partial charge in [-0.25, -0.2) is 0 Å². The fraction of sp³-hybridized carbons (Fsp3) is 0.923. The van der Waals surface area contributed by atoms with E-state index in [1.807, 2.05) is 6.92 Å². The first kappa shape index (κ1) is 13.5. The van der Waals surface area contributed by atoms with Crippen LogP contribution in [0.1, 0.15) is 46.5 Å². The number of nitrogens with one attached hydrogen (secondary N) is 1. The van der Waals surface area contributed by atoms with Gasteiger partial charge in [-0.15, -0.1) is 0 Å². The van der Waals surface area contributed by atoms with E-state index in [4.69, 9.17) is 10.00 Å². The van der Waals surface area contributed by atoms with Crippen molar-refractivity contribution in [1.82, 2.24) is 5.32 Å². The van der Waals surface area contributed by atoms with Gasteiger partial charge >= 0.3 is 0 Å². The third-order valence-electron chi connectivity index (χ3n) is 3.26. The van der Waals surface area contributed by atoms with Crippen molar-refractivity contribution in [3.05, 3.63) is 0 Å². The molecule has 1 aliphatic carbocycles. The Morgan fingerprint density at radius 3 is 2.69 bits per heavy atom. The quantitative estimate of drug-likeness (QED) is 0.780. The van der Waals surface area contributed by atoms with Gasteiger partial charge in [-0.1, -0.05) is 12.8 Å². The lowest BCUT2D eigenvalue weighted by molar-refractivity contribution is -0.0121. The molecule has 0 aliphatic heterocycles. The molecule has 0 spiro atoms. The van der Waals surface area contributed by atoms with Gasteiger partial charge in [0.1, 0.15) is 0 Å². The van der Waals surface area contributed by atoms with E-state index >= 15 is 0 Å². The zero-order chi connectivity index (χ0) is 12.0. The minimum absolute atomic E-state index is 0.133. The molecule has 2 unspecified atom stereocenters. The Hall–Kier alpha value is -0.590. The highest BCUT2D eigenvalue weighted by Gasteiger charge is 2.27. The maximum Gasteiger partial charge on any atom is 0.0750 e. The van der Waals surface area contributed by atoms with E-state index in [2.05, 4.69) is 25.2 Å². The first-order valence-electron chi connectivity index (χ1n) is 6.36. The largest absolute Gasteiger partial charge is 0.375 e. The van der Waals surface area contributed by atoms with E-state index in [1.54, 1.807) is 0 Å². The predicted molar refractivity (Wildman–Crippen MR) is 65.1 cm³/mol. The Kier molecular flexibility index (Phi) is 5.24. The van der Waals surface area contributed by atoms with Crippen LogP contribution in [0.5, 0.6) is 0 Å². The molecule has 3 heteroatoms. The van der Waals surface area contributed by atoms with Crippen LogP contribution in [0.2, 0.25) is 0 Å². The standard InChI is InChI=1S/C13H24N2O/c1-4-16-13(2,3)10-15-12-8-6-5-7-11(12)9-14/h11-12,15H,4-8,10H2,1-3H3. The number of hydrogen-bond acceptors (Lipinski definition) is 3. The summed E-state index contributed by atoms with van der Waals surface area (Å²) >= 11 is 0. The van der Waals surface area contributed by atoms with E-state index in [0.717, 1.165) is 26.0 Å². The highest BCUT2D eigenvalue weighted by Crippen LogP contribution is 2.24. The fourth-order valence-electron chi connectivity index (χ4n) is 2.35. The van der Waals surface area contributed by atoms with Gasteiger partial charge in [-0.3, -0.25) is 0 Å². The number of nitrogens with zero attached hydrogens (tertiary/aromatic N) is 1. The van der Waals surface area contributed by atoms with E-state index in [1.165, 1.54) is 12.8 Å². The van der Waals surface area contributed by atoms with Crippen molar-refractivity contribution in [2.75, 3.05) is 13.2 Å². The van der Waals surface area contributed by atoms with Crippen LogP contribution in [0.3, 0.4) is 0 Å². The zero-order valence-electron chi connectivity index (χ0n) is 10.8. The number of ether oxygens (including phenoxy) is 1. The molecule has 0 amide bonds. The monoisotopic (exact) mass is 224 g/mol. The van der Waals surface area contributed by atoms with Crippen LogP contribution in [-0.4, -0.2) is 24.8 Å². The molecule has 0 radical (unpaired) electrons. The molecule has 3 nitrogen and oxygen atoms in total.